The molecular weight excluding hydrogens is 448 g/mol. The quantitative estimate of drug-likeness (QED) is 0.341. The van der Waals surface area contributed by atoms with Crippen LogP contribution in [-0.2, 0) is 20.9 Å². The number of hydrogen-bond acceptors (Lipinski definition) is 7. The molecule has 2 aliphatic rings. The van der Waals surface area contributed by atoms with E-state index in [2.05, 4.69) is 36.1 Å². The maximum Gasteiger partial charge on any atom is 0.309 e. The lowest BCUT2D eigenvalue weighted by Gasteiger charge is -2.35. The van der Waals surface area contributed by atoms with Crippen molar-refractivity contribution >= 4 is 23.3 Å². The number of amides is 1. The van der Waals surface area contributed by atoms with Crippen molar-refractivity contribution in [1.82, 2.24) is 9.80 Å². The molecule has 0 unspecified atom stereocenters. The second-order valence-electron chi connectivity index (χ2n) is 9.26. The zero-order valence-electron chi connectivity index (χ0n) is 20.1. The fraction of sp³-hybridized carbons (Fsp3) is 0.462. The van der Waals surface area contributed by atoms with Crippen LogP contribution in [0.1, 0.15) is 24.0 Å². The number of anilines is 1. The highest BCUT2D eigenvalue weighted by Gasteiger charge is 2.30. The number of nitro benzene ring substituents is 1. The Hall–Kier alpha value is -3.46. The summed E-state index contributed by atoms with van der Waals surface area (Å²) in [4.78, 5) is 42.1. The Balaban J connectivity index is 1.18. The van der Waals surface area contributed by atoms with Gasteiger partial charge in [0.05, 0.1) is 10.8 Å². The normalized spacial score (nSPS) is 17.3. The summed E-state index contributed by atoms with van der Waals surface area (Å²) in [5.41, 5.74) is 3.15. The third-order valence-electron chi connectivity index (χ3n) is 6.80. The van der Waals surface area contributed by atoms with Crippen molar-refractivity contribution in [3.05, 3.63) is 69.8 Å². The van der Waals surface area contributed by atoms with Crippen molar-refractivity contribution < 1.29 is 19.2 Å². The number of hydrogen-bond donors (Lipinski definition) is 0. The largest absolute Gasteiger partial charge is 0.455 e. The number of nitro groups is 1. The SMILES string of the molecule is Cc1cccc(CN2CCN(C(=O)COC(=O)C3CCN(c4ccccc4[N+](=O)[O-])CC3)CC2)c1. The van der Waals surface area contributed by atoms with Crippen LogP contribution in [0, 0.1) is 23.0 Å². The van der Waals surface area contributed by atoms with E-state index < -0.39 is 0 Å². The molecule has 2 aromatic carbocycles. The number of carbonyl (C=O) groups is 2. The average molecular weight is 481 g/mol. The van der Waals surface area contributed by atoms with Crippen LogP contribution in [0.25, 0.3) is 0 Å². The third-order valence-corrected chi connectivity index (χ3v) is 6.80. The molecule has 35 heavy (non-hydrogen) atoms. The highest BCUT2D eigenvalue weighted by Crippen LogP contribution is 2.31. The monoisotopic (exact) mass is 480 g/mol. The Labute approximate surface area is 205 Å². The molecular formula is C26H32N4O5. The topological polar surface area (TPSA) is 96.2 Å². The molecule has 0 radical (unpaired) electrons. The number of rotatable bonds is 7. The van der Waals surface area contributed by atoms with Crippen molar-refractivity contribution in [2.24, 2.45) is 5.92 Å². The first-order valence-electron chi connectivity index (χ1n) is 12.1. The van der Waals surface area contributed by atoms with Gasteiger partial charge in [0.1, 0.15) is 5.69 Å². The van der Waals surface area contributed by atoms with E-state index in [4.69, 9.17) is 4.74 Å². The number of esters is 1. The number of nitrogens with zero attached hydrogens (tertiary/aromatic N) is 4. The maximum absolute atomic E-state index is 12.6. The van der Waals surface area contributed by atoms with Crippen molar-refractivity contribution in [3.8, 4) is 0 Å². The molecule has 0 atom stereocenters. The van der Waals surface area contributed by atoms with E-state index in [0.29, 0.717) is 44.7 Å². The summed E-state index contributed by atoms with van der Waals surface area (Å²) in [5.74, 6) is -0.822. The van der Waals surface area contributed by atoms with Crippen LogP contribution in [0.3, 0.4) is 0 Å². The molecule has 2 aromatic rings. The molecule has 0 aliphatic carbocycles. The molecule has 4 rings (SSSR count). The summed E-state index contributed by atoms with van der Waals surface area (Å²) in [6, 6.07) is 15.1. The van der Waals surface area contributed by atoms with Crippen LogP contribution in [0.5, 0.6) is 0 Å². The molecule has 2 saturated heterocycles. The van der Waals surface area contributed by atoms with E-state index in [0.717, 1.165) is 19.6 Å². The van der Waals surface area contributed by atoms with Crippen molar-refractivity contribution in [1.29, 1.82) is 0 Å². The van der Waals surface area contributed by atoms with Gasteiger partial charge in [-0.3, -0.25) is 24.6 Å². The lowest BCUT2D eigenvalue weighted by atomic mass is 9.96. The lowest BCUT2D eigenvalue weighted by molar-refractivity contribution is -0.384. The van der Waals surface area contributed by atoms with Crippen LogP contribution in [0.2, 0.25) is 0 Å². The summed E-state index contributed by atoms with van der Waals surface area (Å²) < 4.78 is 5.36. The van der Waals surface area contributed by atoms with E-state index in [1.54, 1.807) is 23.1 Å². The average Bonchev–Trinajstić information content (AvgIpc) is 2.87. The molecule has 2 fully saturated rings. The molecule has 0 aromatic heterocycles. The number of carbonyl (C=O) groups excluding carboxylic acids is 2. The number of para-hydroxylation sites is 2. The van der Waals surface area contributed by atoms with Gasteiger partial charge in [-0.2, -0.15) is 0 Å². The van der Waals surface area contributed by atoms with Gasteiger partial charge in [0.15, 0.2) is 6.61 Å². The third kappa shape index (κ3) is 6.36. The predicted molar refractivity (Wildman–Crippen MR) is 132 cm³/mol. The van der Waals surface area contributed by atoms with Gasteiger partial charge in [-0.05, 0) is 31.4 Å². The number of piperazine rings is 1. The van der Waals surface area contributed by atoms with Gasteiger partial charge < -0.3 is 14.5 Å². The van der Waals surface area contributed by atoms with Gasteiger partial charge in [-0.15, -0.1) is 0 Å². The first kappa shape index (κ1) is 24.7. The van der Waals surface area contributed by atoms with E-state index in [1.807, 2.05) is 4.90 Å². The molecule has 2 heterocycles. The predicted octanol–water partition coefficient (Wildman–Crippen LogP) is 3.01. The fourth-order valence-electron chi connectivity index (χ4n) is 4.81. The zero-order valence-corrected chi connectivity index (χ0v) is 20.1. The molecule has 0 saturated carbocycles. The Bertz CT molecular complexity index is 1060. The molecule has 1 amide bonds. The van der Waals surface area contributed by atoms with Crippen molar-refractivity contribution in [2.45, 2.75) is 26.3 Å². The molecule has 9 nitrogen and oxygen atoms in total. The zero-order chi connectivity index (χ0) is 24.8. The minimum atomic E-state index is -0.385. The fourth-order valence-corrected chi connectivity index (χ4v) is 4.81. The van der Waals surface area contributed by atoms with Gasteiger partial charge in [0, 0.05) is 51.9 Å². The van der Waals surface area contributed by atoms with Crippen molar-refractivity contribution in [2.75, 3.05) is 50.8 Å². The van der Waals surface area contributed by atoms with Crippen LogP contribution in [-0.4, -0.2) is 72.5 Å². The van der Waals surface area contributed by atoms with Gasteiger partial charge in [0.2, 0.25) is 0 Å². The van der Waals surface area contributed by atoms with Gasteiger partial charge >= 0.3 is 5.97 Å². The minimum absolute atomic E-state index is 0.0677. The second kappa shape index (κ2) is 11.3. The number of piperidine rings is 1. The Morgan fingerprint density at radius 1 is 1.00 bits per heavy atom. The first-order chi connectivity index (χ1) is 16.9. The maximum atomic E-state index is 12.6. The standard InChI is InChI=1S/C26H32N4O5/c1-20-5-4-6-21(17-20)18-27-13-15-29(16-14-27)25(31)19-35-26(32)22-9-11-28(12-10-22)23-7-2-3-8-24(23)30(33)34/h2-8,17,22H,9-16,18-19H2,1H3. The number of ether oxygens (including phenoxy) is 1. The number of benzene rings is 2. The summed E-state index contributed by atoms with van der Waals surface area (Å²) in [6.07, 6.45) is 1.08. The van der Waals surface area contributed by atoms with E-state index in [-0.39, 0.29) is 35.0 Å². The van der Waals surface area contributed by atoms with Crippen LogP contribution in [0.4, 0.5) is 11.4 Å². The van der Waals surface area contributed by atoms with Gasteiger partial charge in [-0.1, -0.05) is 42.0 Å². The highest BCUT2D eigenvalue weighted by atomic mass is 16.6. The molecule has 9 heteroatoms. The van der Waals surface area contributed by atoms with Gasteiger partial charge in [0.25, 0.3) is 11.6 Å². The Morgan fingerprint density at radius 2 is 1.71 bits per heavy atom. The number of aryl methyl sites for hydroxylation is 1. The van der Waals surface area contributed by atoms with Crippen LogP contribution < -0.4 is 4.90 Å². The highest BCUT2D eigenvalue weighted by molar-refractivity contribution is 5.81. The van der Waals surface area contributed by atoms with E-state index >= 15 is 0 Å². The lowest BCUT2D eigenvalue weighted by Crippen LogP contribution is -2.49. The first-order valence-corrected chi connectivity index (χ1v) is 12.1. The summed E-state index contributed by atoms with van der Waals surface area (Å²) >= 11 is 0. The molecule has 0 spiro atoms. The summed E-state index contributed by atoms with van der Waals surface area (Å²) in [5, 5.41) is 11.3. The summed E-state index contributed by atoms with van der Waals surface area (Å²) in [7, 11) is 0. The molecule has 186 valence electrons. The minimum Gasteiger partial charge on any atom is -0.455 e. The smallest absolute Gasteiger partial charge is 0.309 e. The molecule has 0 bridgehead atoms. The van der Waals surface area contributed by atoms with Crippen LogP contribution in [0.15, 0.2) is 48.5 Å². The molecule has 2 aliphatic heterocycles. The second-order valence-corrected chi connectivity index (χ2v) is 9.26. The van der Waals surface area contributed by atoms with Crippen LogP contribution >= 0.6 is 0 Å². The Kier molecular flexibility index (Phi) is 7.97. The Morgan fingerprint density at radius 3 is 2.40 bits per heavy atom. The van der Waals surface area contributed by atoms with E-state index in [9.17, 15) is 19.7 Å². The molecule has 0 N–H and O–H groups in total. The van der Waals surface area contributed by atoms with E-state index in [1.165, 1.54) is 17.2 Å². The summed E-state index contributed by atoms with van der Waals surface area (Å²) in [6.45, 7) is 6.59. The van der Waals surface area contributed by atoms with Gasteiger partial charge in [-0.25, -0.2) is 0 Å². The van der Waals surface area contributed by atoms with Crippen molar-refractivity contribution in [3.63, 3.8) is 0 Å².